The second-order valence-electron chi connectivity index (χ2n) is 5.66. The normalized spacial score (nSPS) is 17.6. The predicted octanol–water partition coefficient (Wildman–Crippen LogP) is 4.44. The molecule has 4 nitrogen and oxygen atoms in total. The molecular formula is C19H14F3NO3. The molecule has 0 spiro atoms. The van der Waals surface area contributed by atoms with Crippen LogP contribution in [0, 0.1) is 0 Å². The molecule has 0 aromatic heterocycles. The van der Waals surface area contributed by atoms with E-state index in [2.05, 4.69) is 0 Å². The molecule has 134 valence electrons. The van der Waals surface area contributed by atoms with Crippen LogP contribution in [0.2, 0.25) is 0 Å². The highest BCUT2D eigenvalue weighted by atomic mass is 19.4. The Morgan fingerprint density at radius 3 is 2.35 bits per heavy atom. The SMILES string of the molecule is O=C(/C=C/c1ccc(C(F)(F)F)cc1)N1C(=O)OC[C@@H]1c1ccccc1. The quantitative estimate of drug-likeness (QED) is 0.760. The Hall–Kier alpha value is -3.09. The Morgan fingerprint density at radius 2 is 1.73 bits per heavy atom. The summed E-state index contributed by atoms with van der Waals surface area (Å²) in [4.78, 5) is 25.3. The van der Waals surface area contributed by atoms with Crippen LogP contribution in [0.25, 0.3) is 6.08 Å². The van der Waals surface area contributed by atoms with E-state index in [0.717, 1.165) is 28.7 Å². The van der Waals surface area contributed by atoms with Gasteiger partial charge in [0.1, 0.15) is 12.6 Å². The van der Waals surface area contributed by atoms with Gasteiger partial charge in [0.2, 0.25) is 0 Å². The lowest BCUT2D eigenvalue weighted by Crippen LogP contribution is -2.32. The molecule has 2 aromatic rings. The highest BCUT2D eigenvalue weighted by Gasteiger charge is 2.37. The van der Waals surface area contributed by atoms with Crippen molar-refractivity contribution in [1.29, 1.82) is 0 Å². The number of benzene rings is 2. The van der Waals surface area contributed by atoms with Crippen LogP contribution < -0.4 is 0 Å². The summed E-state index contributed by atoms with van der Waals surface area (Å²) < 4.78 is 42.6. The monoisotopic (exact) mass is 361 g/mol. The van der Waals surface area contributed by atoms with E-state index < -0.39 is 29.8 Å². The maximum Gasteiger partial charge on any atom is 0.417 e. The lowest BCUT2D eigenvalue weighted by atomic mass is 10.1. The van der Waals surface area contributed by atoms with Crippen LogP contribution in [0.4, 0.5) is 18.0 Å². The minimum absolute atomic E-state index is 0.0582. The maximum absolute atomic E-state index is 12.6. The van der Waals surface area contributed by atoms with Crippen molar-refractivity contribution in [3.05, 3.63) is 77.4 Å². The van der Waals surface area contributed by atoms with Gasteiger partial charge in [0.05, 0.1) is 5.56 Å². The molecule has 26 heavy (non-hydrogen) atoms. The van der Waals surface area contributed by atoms with Crippen LogP contribution in [0.1, 0.15) is 22.7 Å². The number of carbonyl (C=O) groups is 2. The topological polar surface area (TPSA) is 46.6 Å². The van der Waals surface area contributed by atoms with E-state index in [1.807, 2.05) is 6.07 Å². The summed E-state index contributed by atoms with van der Waals surface area (Å²) in [5.74, 6) is -0.596. The first kappa shape index (κ1) is 17.7. The van der Waals surface area contributed by atoms with Gasteiger partial charge in [-0.25, -0.2) is 9.69 Å². The highest BCUT2D eigenvalue weighted by molar-refractivity contribution is 6.02. The van der Waals surface area contributed by atoms with Gasteiger partial charge in [-0.2, -0.15) is 13.2 Å². The third-order valence-electron chi connectivity index (χ3n) is 3.95. The number of alkyl halides is 3. The molecule has 1 heterocycles. The van der Waals surface area contributed by atoms with E-state index in [1.165, 1.54) is 18.2 Å². The first-order valence-corrected chi connectivity index (χ1v) is 7.76. The van der Waals surface area contributed by atoms with Crippen molar-refractivity contribution in [1.82, 2.24) is 4.90 Å². The fraction of sp³-hybridized carbons (Fsp3) is 0.158. The second-order valence-corrected chi connectivity index (χ2v) is 5.66. The van der Waals surface area contributed by atoms with Gasteiger partial charge < -0.3 is 4.74 Å². The number of hydrogen-bond acceptors (Lipinski definition) is 3. The summed E-state index contributed by atoms with van der Waals surface area (Å²) in [7, 11) is 0. The van der Waals surface area contributed by atoms with Gasteiger partial charge >= 0.3 is 12.3 Å². The zero-order valence-corrected chi connectivity index (χ0v) is 13.4. The Labute approximate surface area is 147 Å². The first-order chi connectivity index (χ1) is 12.4. The van der Waals surface area contributed by atoms with E-state index >= 15 is 0 Å². The predicted molar refractivity (Wildman–Crippen MR) is 87.9 cm³/mol. The third kappa shape index (κ3) is 3.77. The molecule has 3 rings (SSSR count). The van der Waals surface area contributed by atoms with E-state index in [4.69, 9.17) is 4.74 Å². The van der Waals surface area contributed by atoms with Crippen LogP contribution in [0.5, 0.6) is 0 Å². The molecule has 0 radical (unpaired) electrons. The van der Waals surface area contributed by atoms with Crippen molar-refractivity contribution in [2.75, 3.05) is 6.61 Å². The molecule has 0 unspecified atom stereocenters. The number of carbonyl (C=O) groups excluding carboxylic acids is 2. The largest absolute Gasteiger partial charge is 0.446 e. The molecule has 1 fully saturated rings. The van der Waals surface area contributed by atoms with Crippen LogP contribution in [0.15, 0.2) is 60.7 Å². The molecular weight excluding hydrogens is 347 g/mol. The molecule has 1 aliphatic heterocycles. The molecule has 7 heteroatoms. The third-order valence-corrected chi connectivity index (χ3v) is 3.95. The lowest BCUT2D eigenvalue weighted by molar-refractivity contribution is -0.137. The van der Waals surface area contributed by atoms with E-state index in [0.29, 0.717) is 5.56 Å². The average Bonchev–Trinajstić information content (AvgIpc) is 3.02. The summed E-state index contributed by atoms with van der Waals surface area (Å²) >= 11 is 0. The second kappa shape index (κ2) is 7.03. The maximum atomic E-state index is 12.6. The molecule has 0 aliphatic carbocycles. The van der Waals surface area contributed by atoms with Crippen molar-refractivity contribution in [3.8, 4) is 0 Å². The number of amides is 2. The molecule has 0 bridgehead atoms. The van der Waals surface area contributed by atoms with Gasteiger partial charge in [-0.05, 0) is 29.3 Å². The van der Waals surface area contributed by atoms with Crippen LogP contribution in [-0.2, 0) is 15.7 Å². The fourth-order valence-corrected chi connectivity index (χ4v) is 2.62. The number of halogens is 3. The summed E-state index contributed by atoms with van der Waals surface area (Å²) in [5.41, 5.74) is 0.401. The minimum atomic E-state index is -4.42. The van der Waals surface area contributed by atoms with Gasteiger partial charge in [-0.1, -0.05) is 42.5 Å². The summed E-state index contributed by atoms with van der Waals surface area (Å²) in [6.07, 6.45) is -2.66. The molecule has 2 amide bonds. The number of imide groups is 1. The van der Waals surface area contributed by atoms with Crippen molar-refractivity contribution >= 4 is 18.1 Å². The van der Waals surface area contributed by atoms with Crippen LogP contribution in [0.3, 0.4) is 0 Å². The smallest absolute Gasteiger partial charge is 0.417 e. The Balaban J connectivity index is 1.75. The van der Waals surface area contributed by atoms with Crippen molar-refractivity contribution in [3.63, 3.8) is 0 Å². The Bertz CT molecular complexity index is 829. The molecule has 1 aliphatic rings. The molecule has 0 N–H and O–H groups in total. The zero-order chi connectivity index (χ0) is 18.7. The van der Waals surface area contributed by atoms with Crippen LogP contribution in [-0.4, -0.2) is 23.5 Å². The average molecular weight is 361 g/mol. The van der Waals surface area contributed by atoms with E-state index in [9.17, 15) is 22.8 Å². The minimum Gasteiger partial charge on any atom is -0.446 e. The van der Waals surface area contributed by atoms with Gasteiger partial charge in [-0.3, -0.25) is 4.79 Å². The molecule has 1 atom stereocenters. The summed E-state index contributed by atoms with van der Waals surface area (Å²) in [6.45, 7) is 0.0582. The van der Waals surface area contributed by atoms with E-state index in [1.54, 1.807) is 24.3 Å². The van der Waals surface area contributed by atoms with Crippen molar-refractivity contribution in [2.24, 2.45) is 0 Å². The Morgan fingerprint density at radius 1 is 1.08 bits per heavy atom. The Kier molecular flexibility index (Phi) is 4.79. The van der Waals surface area contributed by atoms with Gasteiger partial charge in [0.15, 0.2) is 0 Å². The molecule has 0 saturated carbocycles. The van der Waals surface area contributed by atoms with Gasteiger partial charge in [0, 0.05) is 6.08 Å². The van der Waals surface area contributed by atoms with Crippen molar-refractivity contribution in [2.45, 2.75) is 12.2 Å². The lowest BCUT2D eigenvalue weighted by Gasteiger charge is -2.18. The zero-order valence-electron chi connectivity index (χ0n) is 13.4. The molecule has 2 aromatic carbocycles. The standard InChI is InChI=1S/C19H14F3NO3/c20-19(21,22)15-9-6-13(7-10-15)8-11-17(24)23-16(12-26-18(23)25)14-4-2-1-3-5-14/h1-11,16H,12H2/b11-8+/t16-/m1/s1. The number of cyclic esters (lactones) is 1. The van der Waals surface area contributed by atoms with Crippen molar-refractivity contribution < 1.29 is 27.5 Å². The fourth-order valence-electron chi connectivity index (χ4n) is 2.62. The number of hydrogen-bond donors (Lipinski definition) is 0. The number of ether oxygens (including phenoxy) is 1. The number of rotatable bonds is 3. The summed E-state index contributed by atoms with van der Waals surface area (Å²) in [5, 5.41) is 0. The number of nitrogens with zero attached hydrogens (tertiary/aromatic N) is 1. The van der Waals surface area contributed by atoms with Gasteiger partial charge in [-0.15, -0.1) is 0 Å². The van der Waals surface area contributed by atoms with Crippen LogP contribution >= 0.6 is 0 Å². The first-order valence-electron chi connectivity index (χ1n) is 7.76. The molecule has 1 saturated heterocycles. The summed E-state index contributed by atoms with van der Waals surface area (Å²) in [6, 6.07) is 12.8. The highest BCUT2D eigenvalue weighted by Crippen LogP contribution is 2.30. The van der Waals surface area contributed by atoms with E-state index in [-0.39, 0.29) is 6.61 Å². The van der Waals surface area contributed by atoms with Gasteiger partial charge in [0.25, 0.3) is 5.91 Å².